The highest BCUT2D eigenvalue weighted by Gasteiger charge is 2.26. The van der Waals surface area contributed by atoms with Crippen LogP contribution in [-0.2, 0) is 4.74 Å². The van der Waals surface area contributed by atoms with Gasteiger partial charge in [-0.05, 0) is 0 Å². The lowest BCUT2D eigenvalue weighted by atomic mass is 10.2. The van der Waals surface area contributed by atoms with Gasteiger partial charge >= 0.3 is 0 Å². The molecule has 3 heterocycles. The van der Waals surface area contributed by atoms with Crippen molar-refractivity contribution in [2.75, 3.05) is 12.3 Å². The fourth-order valence-electron chi connectivity index (χ4n) is 2.21. The minimum absolute atomic E-state index is 0.272. The highest BCUT2D eigenvalue weighted by Crippen LogP contribution is 2.26. The van der Waals surface area contributed by atoms with Crippen LogP contribution in [0.2, 0.25) is 0 Å². The van der Waals surface area contributed by atoms with Gasteiger partial charge in [0.25, 0.3) is 0 Å². The Morgan fingerprint density at radius 2 is 2.25 bits per heavy atom. The number of rotatable bonds is 2. The second-order valence-electron chi connectivity index (χ2n) is 4.55. The molecule has 4 N–H and O–H groups in total. The van der Waals surface area contributed by atoms with E-state index >= 15 is 0 Å². The van der Waals surface area contributed by atoms with Crippen LogP contribution in [0.1, 0.15) is 12.6 Å². The topological polar surface area (TPSA) is 119 Å². The van der Waals surface area contributed by atoms with Gasteiger partial charge in [0, 0.05) is 6.42 Å². The lowest BCUT2D eigenvalue weighted by molar-refractivity contribution is -0.104. The zero-order valence-corrected chi connectivity index (χ0v) is 10.6. The van der Waals surface area contributed by atoms with E-state index in [9.17, 15) is 10.2 Å². The average molecular weight is 277 g/mol. The summed E-state index contributed by atoms with van der Waals surface area (Å²) in [6.07, 6.45) is 4.95. The number of aliphatic hydroxyl groups excluding tert-OH is 2. The molecule has 0 aromatic carbocycles. The smallest absolute Gasteiger partial charge is 0.167 e. The van der Waals surface area contributed by atoms with E-state index in [4.69, 9.17) is 10.5 Å². The van der Waals surface area contributed by atoms with Gasteiger partial charge in [-0.15, -0.1) is 0 Å². The van der Waals surface area contributed by atoms with E-state index in [0.717, 1.165) is 0 Å². The summed E-state index contributed by atoms with van der Waals surface area (Å²) in [5.74, 6) is 0.302. The molecular weight excluding hydrogens is 262 g/mol. The Kier molecular flexibility index (Phi) is 3.35. The normalized spacial score (nSPS) is 26.8. The summed E-state index contributed by atoms with van der Waals surface area (Å²) in [7, 11) is 0. The molecule has 2 aromatic heterocycles. The molecule has 1 aliphatic rings. The summed E-state index contributed by atoms with van der Waals surface area (Å²) in [4.78, 5) is 12.2. The Balaban J connectivity index is 1.98. The minimum atomic E-state index is -0.834. The van der Waals surface area contributed by atoms with Gasteiger partial charge in [-0.25, -0.2) is 15.0 Å². The van der Waals surface area contributed by atoms with Crippen LogP contribution in [0, 0.1) is 0 Å². The van der Waals surface area contributed by atoms with Crippen molar-refractivity contribution in [2.24, 2.45) is 0 Å². The number of fused-ring (bicyclic) bond motifs is 1. The first kappa shape index (κ1) is 13.0. The van der Waals surface area contributed by atoms with E-state index in [2.05, 4.69) is 15.0 Å². The number of aromatic nitrogens is 4. The predicted octanol–water partition coefficient (Wildman–Crippen LogP) is -0.395. The van der Waals surface area contributed by atoms with Gasteiger partial charge in [-0.1, -0.05) is 12.2 Å². The number of ether oxygens (including phenoxy) is 1. The lowest BCUT2D eigenvalue weighted by Gasteiger charge is -2.23. The standard InChI is InChI=1S/C12H15N5O3/c13-11-10-12(15-5-14-11)17(6-16-10)9-3-1-2-7(19)8(4-18)20-9/h1-2,5-9,18-19H,3-4H2,(H2,13,14,15)/t7-,8+,9-/m0/s1. The molecule has 2 aromatic rings. The van der Waals surface area contributed by atoms with Crippen LogP contribution in [0.4, 0.5) is 5.82 Å². The molecule has 0 bridgehead atoms. The molecule has 3 atom stereocenters. The fourth-order valence-corrected chi connectivity index (χ4v) is 2.21. The van der Waals surface area contributed by atoms with Crippen LogP contribution in [0.3, 0.4) is 0 Å². The zero-order valence-electron chi connectivity index (χ0n) is 10.6. The number of nitrogens with zero attached hydrogens (tertiary/aromatic N) is 4. The molecule has 20 heavy (non-hydrogen) atoms. The predicted molar refractivity (Wildman–Crippen MR) is 70.5 cm³/mol. The Bertz CT molecular complexity index is 641. The van der Waals surface area contributed by atoms with Crippen LogP contribution < -0.4 is 5.73 Å². The molecule has 0 aliphatic carbocycles. The van der Waals surface area contributed by atoms with Crippen LogP contribution in [0.25, 0.3) is 11.2 Å². The third-order valence-corrected chi connectivity index (χ3v) is 3.26. The monoisotopic (exact) mass is 277 g/mol. The molecule has 0 saturated carbocycles. The van der Waals surface area contributed by atoms with Gasteiger partial charge < -0.3 is 20.7 Å². The molecule has 3 rings (SSSR count). The molecule has 0 radical (unpaired) electrons. The highest BCUT2D eigenvalue weighted by molar-refractivity contribution is 5.81. The maximum absolute atomic E-state index is 9.78. The van der Waals surface area contributed by atoms with Crippen molar-refractivity contribution in [3.63, 3.8) is 0 Å². The molecule has 8 heteroatoms. The minimum Gasteiger partial charge on any atom is -0.394 e. The van der Waals surface area contributed by atoms with E-state index in [1.807, 2.05) is 0 Å². The first-order valence-corrected chi connectivity index (χ1v) is 6.24. The van der Waals surface area contributed by atoms with E-state index in [-0.39, 0.29) is 6.61 Å². The van der Waals surface area contributed by atoms with Crippen LogP contribution >= 0.6 is 0 Å². The molecule has 0 amide bonds. The summed E-state index contributed by atoms with van der Waals surface area (Å²) in [5.41, 5.74) is 6.81. The van der Waals surface area contributed by atoms with Crippen LogP contribution in [0.5, 0.6) is 0 Å². The van der Waals surface area contributed by atoms with Crippen molar-refractivity contribution in [3.05, 3.63) is 24.8 Å². The van der Waals surface area contributed by atoms with Crippen LogP contribution in [-0.4, -0.2) is 48.5 Å². The molecule has 0 unspecified atom stereocenters. The summed E-state index contributed by atoms with van der Waals surface area (Å²) in [5, 5.41) is 19.0. The number of hydrogen-bond acceptors (Lipinski definition) is 7. The molecule has 1 aliphatic heterocycles. The molecule has 0 fully saturated rings. The Labute approximate surface area is 114 Å². The van der Waals surface area contributed by atoms with Gasteiger partial charge in [0.05, 0.1) is 12.9 Å². The maximum atomic E-state index is 9.78. The number of nitrogens with two attached hydrogens (primary N) is 1. The van der Waals surface area contributed by atoms with Crippen molar-refractivity contribution >= 4 is 17.0 Å². The van der Waals surface area contributed by atoms with Crippen molar-refractivity contribution in [3.8, 4) is 0 Å². The van der Waals surface area contributed by atoms with Crippen LogP contribution in [0.15, 0.2) is 24.8 Å². The first-order valence-electron chi connectivity index (χ1n) is 6.24. The Hall–Kier alpha value is -2.03. The molecule has 8 nitrogen and oxygen atoms in total. The number of nitrogen functional groups attached to an aromatic ring is 1. The van der Waals surface area contributed by atoms with Gasteiger partial charge in [0.1, 0.15) is 30.3 Å². The summed E-state index contributed by atoms with van der Waals surface area (Å²) in [6.45, 7) is -0.272. The molecule has 106 valence electrons. The quantitative estimate of drug-likeness (QED) is 0.639. The zero-order chi connectivity index (χ0) is 14.1. The van der Waals surface area contributed by atoms with E-state index < -0.39 is 18.4 Å². The summed E-state index contributed by atoms with van der Waals surface area (Å²) in [6, 6.07) is 0. The Morgan fingerprint density at radius 3 is 3.05 bits per heavy atom. The van der Waals surface area contributed by atoms with Gasteiger partial charge in [0.15, 0.2) is 11.5 Å². The van der Waals surface area contributed by atoms with Crippen molar-refractivity contribution in [1.29, 1.82) is 0 Å². The van der Waals surface area contributed by atoms with Crippen molar-refractivity contribution in [2.45, 2.75) is 24.9 Å². The summed E-state index contributed by atoms with van der Waals surface area (Å²) < 4.78 is 7.45. The third kappa shape index (κ3) is 2.13. The second kappa shape index (κ2) is 5.16. The van der Waals surface area contributed by atoms with Gasteiger partial charge in [-0.2, -0.15) is 0 Å². The van der Waals surface area contributed by atoms with Gasteiger partial charge in [-0.3, -0.25) is 4.57 Å². The largest absolute Gasteiger partial charge is 0.394 e. The lowest BCUT2D eigenvalue weighted by Crippen LogP contribution is -2.32. The number of hydrogen-bond donors (Lipinski definition) is 3. The highest BCUT2D eigenvalue weighted by atomic mass is 16.5. The van der Waals surface area contributed by atoms with Crippen molar-refractivity contribution < 1.29 is 14.9 Å². The first-order chi connectivity index (χ1) is 9.70. The second-order valence-corrected chi connectivity index (χ2v) is 4.55. The molecule has 0 saturated heterocycles. The number of imidazole rings is 1. The van der Waals surface area contributed by atoms with E-state index in [0.29, 0.717) is 23.4 Å². The van der Waals surface area contributed by atoms with Gasteiger partial charge in [0.2, 0.25) is 0 Å². The third-order valence-electron chi connectivity index (χ3n) is 3.26. The number of aliphatic hydroxyl groups is 2. The average Bonchev–Trinajstić information content (AvgIpc) is 2.79. The van der Waals surface area contributed by atoms with E-state index in [1.165, 1.54) is 6.33 Å². The Morgan fingerprint density at radius 1 is 1.40 bits per heavy atom. The van der Waals surface area contributed by atoms with E-state index in [1.54, 1.807) is 23.0 Å². The maximum Gasteiger partial charge on any atom is 0.167 e. The fraction of sp³-hybridized carbons (Fsp3) is 0.417. The summed E-state index contributed by atoms with van der Waals surface area (Å²) >= 11 is 0. The SMILES string of the molecule is Nc1ncnc2c1ncn2[C@@H]1CC=C[C@H](O)[C@@H](CO)O1. The molecule has 0 spiro atoms. The molecular formula is C12H15N5O3. The number of anilines is 1. The van der Waals surface area contributed by atoms with Crippen molar-refractivity contribution in [1.82, 2.24) is 19.5 Å².